The first-order valence-electron chi connectivity index (χ1n) is 10.3. The Hall–Kier alpha value is -2.38. The molecule has 2 aromatic carbocycles. The number of hydrogen-bond acceptors (Lipinski definition) is 3. The quantitative estimate of drug-likeness (QED) is 0.665. The van der Waals surface area contributed by atoms with E-state index >= 15 is 0 Å². The minimum Gasteiger partial charge on any atom is -0.356 e. The van der Waals surface area contributed by atoms with Gasteiger partial charge in [0.05, 0.1) is 12.0 Å². The zero-order chi connectivity index (χ0) is 21.4. The molecular weight excluding hydrogens is 391 g/mol. The molecule has 0 unspecified atom stereocenters. The molecule has 0 aromatic heterocycles. The lowest BCUT2D eigenvalue weighted by molar-refractivity contribution is -0.137. The average Bonchev–Trinajstić information content (AvgIpc) is 2.73. The smallest absolute Gasteiger partial charge is 0.356 e. The highest BCUT2D eigenvalue weighted by Crippen LogP contribution is 2.29. The molecule has 7 heteroatoms. The van der Waals surface area contributed by atoms with Gasteiger partial charge in [-0.05, 0) is 36.2 Å². The number of carbonyl (C=O) groups is 1. The highest BCUT2D eigenvalue weighted by Gasteiger charge is 2.29. The first-order chi connectivity index (χ1) is 14.4. The van der Waals surface area contributed by atoms with Crippen LogP contribution < -0.4 is 5.32 Å². The van der Waals surface area contributed by atoms with Gasteiger partial charge in [-0.3, -0.25) is 9.69 Å². The molecule has 1 aliphatic rings. The Morgan fingerprint density at radius 2 is 1.50 bits per heavy atom. The zero-order valence-electron chi connectivity index (χ0n) is 17.0. The maximum absolute atomic E-state index is 12.6. The first-order valence-corrected chi connectivity index (χ1v) is 10.3. The SMILES string of the molecule is O=C(Cc1ccc(C(F)(F)F)cc1)NCCCN1CCN(Cc2ccccc2)CC1. The molecule has 2 aromatic rings. The van der Waals surface area contributed by atoms with Crippen LogP contribution in [0.5, 0.6) is 0 Å². The Labute approximate surface area is 175 Å². The van der Waals surface area contributed by atoms with Crippen LogP contribution in [-0.2, 0) is 23.9 Å². The number of amides is 1. The molecule has 0 saturated carbocycles. The van der Waals surface area contributed by atoms with Crippen LogP contribution in [-0.4, -0.2) is 55.0 Å². The fraction of sp³-hybridized carbons (Fsp3) is 0.435. The summed E-state index contributed by atoms with van der Waals surface area (Å²) in [5.41, 5.74) is 1.22. The zero-order valence-corrected chi connectivity index (χ0v) is 17.0. The number of hydrogen-bond donors (Lipinski definition) is 1. The third kappa shape index (κ3) is 7.15. The molecule has 0 aliphatic carbocycles. The van der Waals surface area contributed by atoms with E-state index in [4.69, 9.17) is 0 Å². The van der Waals surface area contributed by atoms with Gasteiger partial charge in [-0.2, -0.15) is 13.2 Å². The van der Waals surface area contributed by atoms with Crippen molar-refractivity contribution >= 4 is 5.91 Å². The third-order valence-corrected chi connectivity index (χ3v) is 5.33. The van der Waals surface area contributed by atoms with Crippen LogP contribution >= 0.6 is 0 Å². The molecule has 1 saturated heterocycles. The van der Waals surface area contributed by atoms with Crippen molar-refractivity contribution < 1.29 is 18.0 Å². The second-order valence-electron chi connectivity index (χ2n) is 7.68. The molecule has 1 N–H and O–H groups in total. The molecule has 1 heterocycles. The monoisotopic (exact) mass is 419 g/mol. The lowest BCUT2D eigenvalue weighted by atomic mass is 10.1. The van der Waals surface area contributed by atoms with Crippen molar-refractivity contribution in [2.24, 2.45) is 0 Å². The summed E-state index contributed by atoms with van der Waals surface area (Å²) >= 11 is 0. The van der Waals surface area contributed by atoms with E-state index in [1.807, 2.05) is 6.07 Å². The number of nitrogens with one attached hydrogen (secondary N) is 1. The molecule has 4 nitrogen and oxygen atoms in total. The van der Waals surface area contributed by atoms with Crippen molar-refractivity contribution in [3.8, 4) is 0 Å². The minimum absolute atomic E-state index is 0.0935. The largest absolute Gasteiger partial charge is 0.416 e. The maximum Gasteiger partial charge on any atom is 0.416 e. The molecule has 1 fully saturated rings. The Morgan fingerprint density at radius 3 is 2.13 bits per heavy atom. The van der Waals surface area contributed by atoms with Crippen LogP contribution in [0.1, 0.15) is 23.1 Å². The van der Waals surface area contributed by atoms with Crippen molar-refractivity contribution in [1.29, 1.82) is 0 Å². The summed E-state index contributed by atoms with van der Waals surface area (Å²) in [6.45, 7) is 6.60. The summed E-state index contributed by atoms with van der Waals surface area (Å²) in [4.78, 5) is 16.9. The van der Waals surface area contributed by atoms with E-state index < -0.39 is 11.7 Å². The highest BCUT2D eigenvalue weighted by atomic mass is 19.4. The van der Waals surface area contributed by atoms with Crippen LogP contribution in [0.3, 0.4) is 0 Å². The van der Waals surface area contributed by atoms with E-state index in [2.05, 4.69) is 39.4 Å². The number of piperazine rings is 1. The van der Waals surface area contributed by atoms with Gasteiger partial charge in [0.15, 0.2) is 0 Å². The predicted molar refractivity (Wildman–Crippen MR) is 111 cm³/mol. The van der Waals surface area contributed by atoms with Gasteiger partial charge in [-0.1, -0.05) is 42.5 Å². The van der Waals surface area contributed by atoms with Gasteiger partial charge in [0.1, 0.15) is 0 Å². The maximum atomic E-state index is 12.6. The molecule has 0 spiro atoms. The van der Waals surface area contributed by atoms with E-state index in [-0.39, 0.29) is 12.3 Å². The number of alkyl halides is 3. The summed E-state index contributed by atoms with van der Waals surface area (Å²) in [6, 6.07) is 15.2. The lowest BCUT2D eigenvalue weighted by Crippen LogP contribution is -2.46. The fourth-order valence-electron chi connectivity index (χ4n) is 3.60. The van der Waals surface area contributed by atoms with Crippen LogP contribution in [0.25, 0.3) is 0 Å². The molecule has 1 amide bonds. The number of carbonyl (C=O) groups excluding carboxylic acids is 1. The third-order valence-electron chi connectivity index (χ3n) is 5.33. The molecule has 0 bridgehead atoms. The van der Waals surface area contributed by atoms with Crippen LogP contribution in [0, 0.1) is 0 Å². The molecule has 1 aliphatic heterocycles. The number of halogens is 3. The summed E-state index contributed by atoms with van der Waals surface area (Å²) in [5, 5.41) is 2.86. The van der Waals surface area contributed by atoms with Crippen molar-refractivity contribution in [1.82, 2.24) is 15.1 Å². The van der Waals surface area contributed by atoms with Gasteiger partial charge in [-0.25, -0.2) is 0 Å². The Morgan fingerprint density at radius 1 is 0.867 bits per heavy atom. The molecule has 3 rings (SSSR count). The molecule has 0 radical (unpaired) electrons. The predicted octanol–water partition coefficient (Wildman–Crippen LogP) is 3.57. The van der Waals surface area contributed by atoms with Gasteiger partial charge in [0, 0.05) is 39.3 Å². The topological polar surface area (TPSA) is 35.6 Å². The van der Waals surface area contributed by atoms with Gasteiger partial charge in [0.25, 0.3) is 0 Å². The fourth-order valence-corrected chi connectivity index (χ4v) is 3.60. The van der Waals surface area contributed by atoms with E-state index in [9.17, 15) is 18.0 Å². The van der Waals surface area contributed by atoms with Crippen molar-refractivity contribution in [3.63, 3.8) is 0 Å². The van der Waals surface area contributed by atoms with Gasteiger partial charge in [0.2, 0.25) is 5.91 Å². The lowest BCUT2D eigenvalue weighted by Gasteiger charge is -2.34. The Kier molecular flexibility index (Phi) is 7.87. The molecule has 0 atom stereocenters. The van der Waals surface area contributed by atoms with Crippen molar-refractivity contribution in [2.75, 3.05) is 39.3 Å². The second kappa shape index (κ2) is 10.6. The van der Waals surface area contributed by atoms with Crippen molar-refractivity contribution in [2.45, 2.75) is 25.6 Å². The summed E-state index contributed by atoms with van der Waals surface area (Å²) in [5.74, 6) is -0.164. The number of rotatable bonds is 8. The van der Waals surface area contributed by atoms with Gasteiger partial charge in [-0.15, -0.1) is 0 Å². The van der Waals surface area contributed by atoms with Crippen LogP contribution in [0.2, 0.25) is 0 Å². The Bertz CT molecular complexity index is 786. The van der Waals surface area contributed by atoms with E-state index in [1.165, 1.54) is 17.7 Å². The van der Waals surface area contributed by atoms with Gasteiger partial charge >= 0.3 is 6.18 Å². The highest BCUT2D eigenvalue weighted by molar-refractivity contribution is 5.78. The van der Waals surface area contributed by atoms with E-state index in [0.29, 0.717) is 12.1 Å². The number of nitrogens with zero attached hydrogens (tertiary/aromatic N) is 2. The molecule has 30 heavy (non-hydrogen) atoms. The molecule has 162 valence electrons. The Balaban J connectivity index is 1.28. The standard InChI is InChI=1S/C23H28F3N3O/c24-23(25,26)21-9-7-19(8-10-21)17-22(30)27-11-4-12-28-13-15-29(16-14-28)18-20-5-2-1-3-6-20/h1-3,5-10H,4,11-18H2,(H,27,30). The normalized spacial score (nSPS) is 15.8. The van der Waals surface area contributed by atoms with Crippen molar-refractivity contribution in [3.05, 3.63) is 71.3 Å². The minimum atomic E-state index is -4.35. The number of benzene rings is 2. The first kappa shape index (κ1) is 22.3. The van der Waals surface area contributed by atoms with Crippen LogP contribution in [0.4, 0.5) is 13.2 Å². The summed E-state index contributed by atoms with van der Waals surface area (Å²) in [6.07, 6.45) is -3.40. The van der Waals surface area contributed by atoms with Crippen LogP contribution in [0.15, 0.2) is 54.6 Å². The summed E-state index contributed by atoms with van der Waals surface area (Å²) < 4.78 is 37.7. The molecular formula is C23H28F3N3O. The second-order valence-corrected chi connectivity index (χ2v) is 7.68. The van der Waals surface area contributed by atoms with E-state index in [0.717, 1.165) is 57.8 Å². The average molecular weight is 419 g/mol. The summed E-state index contributed by atoms with van der Waals surface area (Å²) in [7, 11) is 0. The van der Waals surface area contributed by atoms with E-state index in [1.54, 1.807) is 0 Å². The van der Waals surface area contributed by atoms with Gasteiger partial charge < -0.3 is 10.2 Å².